The van der Waals surface area contributed by atoms with Gasteiger partial charge in [-0.3, -0.25) is 4.79 Å². The zero-order chi connectivity index (χ0) is 20.9. The average Bonchev–Trinajstić information content (AvgIpc) is 2.49. The zero-order valence-electron chi connectivity index (χ0n) is 18.3. The molecule has 0 aliphatic carbocycles. The first kappa shape index (κ1) is 23.9. The van der Waals surface area contributed by atoms with Crippen molar-refractivity contribution in [1.82, 2.24) is 0 Å². The Hall–Kier alpha value is -1.17. The molecule has 4 nitrogen and oxygen atoms in total. The molecular formula is C22H38O4Si. The highest BCUT2D eigenvalue weighted by molar-refractivity contribution is 6.74. The maximum absolute atomic E-state index is 12.2. The quantitative estimate of drug-likeness (QED) is 0.492. The number of esters is 1. The van der Waals surface area contributed by atoms with E-state index in [4.69, 9.17) is 9.16 Å². The summed E-state index contributed by atoms with van der Waals surface area (Å²) in [5.41, 5.74) is 0.641. The Labute approximate surface area is 166 Å². The summed E-state index contributed by atoms with van der Waals surface area (Å²) in [5, 5.41) is 10.8. The number of ether oxygens (including phenoxy) is 1. The second-order valence-electron chi connectivity index (χ2n) is 9.80. The highest BCUT2D eigenvalue weighted by Crippen LogP contribution is 2.38. The Morgan fingerprint density at radius 1 is 1.07 bits per heavy atom. The van der Waals surface area contributed by atoms with Crippen LogP contribution in [0, 0.1) is 0 Å². The number of hydrogen-bond donors (Lipinski definition) is 1. The third-order valence-electron chi connectivity index (χ3n) is 5.04. The Kier molecular flexibility index (Phi) is 8.26. The summed E-state index contributed by atoms with van der Waals surface area (Å²) in [6.07, 6.45) is 0.147. The van der Waals surface area contributed by atoms with Crippen LogP contribution in [-0.2, 0) is 20.4 Å². The molecule has 1 aromatic carbocycles. The van der Waals surface area contributed by atoms with E-state index < -0.39 is 32.1 Å². The van der Waals surface area contributed by atoms with Gasteiger partial charge in [0.2, 0.25) is 0 Å². The number of aliphatic hydroxyl groups is 1. The van der Waals surface area contributed by atoms with Crippen molar-refractivity contribution in [3.05, 3.63) is 35.9 Å². The molecule has 0 aliphatic heterocycles. The summed E-state index contributed by atoms with van der Waals surface area (Å²) in [5.74, 6) is -0.390. The molecule has 1 N–H and O–H groups in total. The zero-order valence-corrected chi connectivity index (χ0v) is 19.3. The van der Waals surface area contributed by atoms with Gasteiger partial charge in [0.15, 0.2) is 8.32 Å². The van der Waals surface area contributed by atoms with Gasteiger partial charge in [0.1, 0.15) is 5.60 Å². The Balaban J connectivity index is 2.87. The van der Waals surface area contributed by atoms with Gasteiger partial charge in [-0.1, -0.05) is 51.1 Å². The molecule has 27 heavy (non-hydrogen) atoms. The molecule has 154 valence electrons. The van der Waals surface area contributed by atoms with Gasteiger partial charge in [-0.2, -0.15) is 0 Å². The van der Waals surface area contributed by atoms with Gasteiger partial charge in [0.25, 0.3) is 0 Å². The highest BCUT2D eigenvalue weighted by atomic mass is 28.4. The van der Waals surface area contributed by atoms with Crippen molar-refractivity contribution in [2.75, 3.05) is 0 Å². The molecule has 2 atom stereocenters. The minimum absolute atomic E-state index is 0.0314. The predicted molar refractivity (Wildman–Crippen MR) is 113 cm³/mol. The van der Waals surface area contributed by atoms with Crippen molar-refractivity contribution in [2.24, 2.45) is 0 Å². The first-order valence-corrected chi connectivity index (χ1v) is 12.7. The van der Waals surface area contributed by atoms with E-state index in [1.54, 1.807) is 0 Å². The maximum Gasteiger partial charge on any atom is 0.309 e. The number of aliphatic hydroxyl groups excluding tert-OH is 1. The van der Waals surface area contributed by atoms with Crippen molar-refractivity contribution < 1.29 is 19.1 Å². The van der Waals surface area contributed by atoms with Gasteiger partial charge in [-0.05, 0) is 57.3 Å². The van der Waals surface area contributed by atoms with E-state index in [2.05, 4.69) is 46.0 Å². The molecule has 0 aliphatic rings. The lowest BCUT2D eigenvalue weighted by Gasteiger charge is -2.40. The van der Waals surface area contributed by atoms with Crippen LogP contribution in [0.25, 0.3) is 0 Å². The molecule has 1 rings (SSSR count). The second kappa shape index (κ2) is 9.35. The molecule has 0 aromatic heterocycles. The minimum Gasteiger partial charge on any atom is -0.460 e. The van der Waals surface area contributed by atoms with Crippen LogP contribution in [0.15, 0.2) is 30.3 Å². The predicted octanol–water partition coefficient (Wildman–Crippen LogP) is 5.10. The van der Waals surface area contributed by atoms with Crippen LogP contribution in [0.3, 0.4) is 0 Å². The fourth-order valence-electron chi connectivity index (χ4n) is 2.52. The van der Waals surface area contributed by atoms with Crippen LogP contribution in [0.4, 0.5) is 0 Å². The second-order valence-corrected chi connectivity index (χ2v) is 14.6. The Bertz CT molecular complexity index is 585. The number of hydrogen-bond acceptors (Lipinski definition) is 4. The van der Waals surface area contributed by atoms with Crippen LogP contribution in [0.2, 0.25) is 18.1 Å². The van der Waals surface area contributed by atoms with Gasteiger partial charge >= 0.3 is 5.97 Å². The topological polar surface area (TPSA) is 55.8 Å². The van der Waals surface area contributed by atoms with Crippen molar-refractivity contribution >= 4 is 14.3 Å². The van der Waals surface area contributed by atoms with Gasteiger partial charge in [0, 0.05) is 0 Å². The van der Waals surface area contributed by atoms with E-state index in [0.717, 1.165) is 6.42 Å². The molecule has 0 saturated heterocycles. The van der Waals surface area contributed by atoms with E-state index in [1.165, 1.54) is 5.56 Å². The SMILES string of the molecule is CC(C)(C)OC(=O)CC(O)C(CCc1ccccc1)O[Si](C)(C)C(C)(C)C. The van der Waals surface area contributed by atoms with Crippen molar-refractivity contribution in [2.45, 2.75) is 96.7 Å². The van der Waals surface area contributed by atoms with Crippen molar-refractivity contribution in [3.8, 4) is 0 Å². The number of carbonyl (C=O) groups excluding carboxylic acids is 1. The summed E-state index contributed by atoms with van der Waals surface area (Å²) in [4.78, 5) is 12.2. The summed E-state index contributed by atoms with van der Waals surface area (Å²) in [7, 11) is -2.08. The molecule has 0 heterocycles. The Morgan fingerprint density at radius 3 is 2.11 bits per heavy atom. The molecule has 0 spiro atoms. The smallest absolute Gasteiger partial charge is 0.309 e. The lowest BCUT2D eigenvalue weighted by molar-refractivity contribution is -0.158. The minimum atomic E-state index is -2.08. The first-order valence-electron chi connectivity index (χ1n) is 9.83. The van der Waals surface area contributed by atoms with Crippen LogP contribution in [0.1, 0.15) is 59.9 Å². The van der Waals surface area contributed by atoms with E-state index in [1.807, 2.05) is 39.0 Å². The van der Waals surface area contributed by atoms with E-state index in [9.17, 15) is 9.90 Å². The monoisotopic (exact) mass is 394 g/mol. The summed E-state index contributed by atoms with van der Waals surface area (Å²) in [6, 6.07) is 10.2. The summed E-state index contributed by atoms with van der Waals surface area (Å²) in [6.45, 7) is 16.4. The van der Waals surface area contributed by atoms with Gasteiger partial charge in [-0.15, -0.1) is 0 Å². The maximum atomic E-state index is 12.2. The molecular weight excluding hydrogens is 356 g/mol. The molecule has 0 saturated carbocycles. The normalized spacial score (nSPS) is 15.3. The van der Waals surface area contributed by atoms with Gasteiger partial charge in [0.05, 0.1) is 18.6 Å². The standard InChI is InChI=1S/C22H38O4Si/c1-21(2,3)25-20(24)16-18(23)19(26-27(7,8)22(4,5)6)15-14-17-12-10-9-11-13-17/h9-13,18-19,23H,14-16H2,1-8H3. The van der Waals surface area contributed by atoms with Crippen molar-refractivity contribution in [1.29, 1.82) is 0 Å². The molecule has 5 heteroatoms. The van der Waals surface area contributed by atoms with E-state index >= 15 is 0 Å². The third-order valence-corrected chi connectivity index (χ3v) is 9.54. The number of aryl methyl sites for hydroxylation is 1. The lowest BCUT2D eigenvalue weighted by atomic mass is 10.0. The van der Waals surface area contributed by atoms with Crippen LogP contribution in [0.5, 0.6) is 0 Å². The number of carbonyl (C=O) groups is 1. The van der Waals surface area contributed by atoms with E-state index in [0.29, 0.717) is 6.42 Å². The summed E-state index contributed by atoms with van der Waals surface area (Å²) >= 11 is 0. The van der Waals surface area contributed by atoms with Crippen molar-refractivity contribution in [3.63, 3.8) is 0 Å². The lowest BCUT2D eigenvalue weighted by Crippen LogP contribution is -2.47. The Morgan fingerprint density at radius 2 is 1.63 bits per heavy atom. The average molecular weight is 395 g/mol. The van der Waals surface area contributed by atoms with Gasteiger partial charge in [-0.25, -0.2) is 0 Å². The largest absolute Gasteiger partial charge is 0.460 e. The molecule has 1 aromatic rings. The fraction of sp³-hybridized carbons (Fsp3) is 0.682. The van der Waals surface area contributed by atoms with Crippen LogP contribution < -0.4 is 0 Å². The first-order chi connectivity index (χ1) is 12.2. The number of benzene rings is 1. The summed E-state index contributed by atoms with van der Waals surface area (Å²) < 4.78 is 11.9. The highest BCUT2D eigenvalue weighted by Gasteiger charge is 2.41. The molecule has 2 unspecified atom stereocenters. The number of rotatable bonds is 8. The van der Waals surface area contributed by atoms with E-state index in [-0.39, 0.29) is 11.5 Å². The molecule has 0 radical (unpaired) electrons. The van der Waals surface area contributed by atoms with Crippen LogP contribution >= 0.6 is 0 Å². The van der Waals surface area contributed by atoms with Gasteiger partial charge < -0.3 is 14.3 Å². The molecule has 0 amide bonds. The third kappa shape index (κ3) is 8.58. The molecule has 0 bridgehead atoms. The molecule has 0 fully saturated rings. The fourth-order valence-corrected chi connectivity index (χ4v) is 3.91. The van der Waals surface area contributed by atoms with Crippen LogP contribution in [-0.4, -0.2) is 37.2 Å².